The summed E-state index contributed by atoms with van der Waals surface area (Å²) in [5.41, 5.74) is 7.51. The monoisotopic (exact) mass is 285 g/mol. The second-order valence-corrected chi connectivity index (χ2v) is 4.77. The summed E-state index contributed by atoms with van der Waals surface area (Å²) in [6.07, 6.45) is 5.18. The molecule has 0 saturated heterocycles. The molecule has 100 valence electrons. The average Bonchev–Trinajstić information content (AvgIpc) is 2.75. The number of hydrogen-bond acceptors (Lipinski definition) is 4. The molecular weight excluding hydrogens is 274 g/mol. The van der Waals surface area contributed by atoms with Gasteiger partial charge in [-0.1, -0.05) is 23.7 Å². The lowest BCUT2D eigenvalue weighted by atomic mass is 10.1. The number of rotatable bonds is 2. The fourth-order valence-electron chi connectivity index (χ4n) is 1.97. The molecule has 2 heterocycles. The fraction of sp³-hybridized carbons (Fsp3) is 0.0714. The third-order valence-electron chi connectivity index (χ3n) is 2.91. The van der Waals surface area contributed by atoms with Crippen LogP contribution >= 0.6 is 11.6 Å². The van der Waals surface area contributed by atoms with Crippen LogP contribution in [-0.4, -0.2) is 20.9 Å². The number of nitrogens with two attached hydrogens (primary N) is 1. The van der Waals surface area contributed by atoms with Gasteiger partial charge in [0.2, 0.25) is 5.95 Å². The van der Waals surface area contributed by atoms with E-state index in [9.17, 15) is 0 Å². The molecule has 2 aromatic heterocycles. The van der Waals surface area contributed by atoms with E-state index < -0.39 is 0 Å². The molecule has 0 aliphatic carbocycles. The van der Waals surface area contributed by atoms with Crippen molar-refractivity contribution in [2.45, 2.75) is 6.92 Å². The van der Waals surface area contributed by atoms with Crippen LogP contribution in [0.1, 0.15) is 11.3 Å². The molecule has 6 heteroatoms. The zero-order valence-corrected chi connectivity index (χ0v) is 11.5. The van der Waals surface area contributed by atoms with Crippen LogP contribution < -0.4 is 5.73 Å². The number of aromatic nitrogens is 3. The van der Waals surface area contributed by atoms with Crippen LogP contribution in [0.4, 0.5) is 5.95 Å². The number of nitrogens with zero attached hydrogens (tertiary/aromatic N) is 4. The minimum atomic E-state index is 0.367. The first kappa shape index (κ1) is 12.6. The molecule has 0 bridgehead atoms. The molecule has 0 saturated carbocycles. The van der Waals surface area contributed by atoms with Gasteiger partial charge < -0.3 is 5.73 Å². The van der Waals surface area contributed by atoms with Gasteiger partial charge in [0, 0.05) is 11.6 Å². The van der Waals surface area contributed by atoms with Crippen LogP contribution in [0, 0.1) is 6.92 Å². The zero-order chi connectivity index (χ0) is 14.1. The number of hydrogen-bond donors (Lipinski definition) is 1. The highest BCUT2D eigenvalue weighted by Gasteiger charge is 2.01. The summed E-state index contributed by atoms with van der Waals surface area (Å²) in [6.45, 7) is 1.87. The number of imidazole rings is 1. The molecule has 2 N–H and O–H groups in total. The maximum atomic E-state index is 6.03. The van der Waals surface area contributed by atoms with Crippen molar-refractivity contribution in [3.8, 4) is 0 Å². The van der Waals surface area contributed by atoms with E-state index in [2.05, 4.69) is 15.1 Å². The Morgan fingerprint density at radius 2 is 2.20 bits per heavy atom. The fourth-order valence-corrected chi connectivity index (χ4v) is 2.19. The second kappa shape index (κ2) is 4.94. The summed E-state index contributed by atoms with van der Waals surface area (Å²) < 4.78 is 1.54. The molecule has 0 unspecified atom stereocenters. The van der Waals surface area contributed by atoms with Crippen LogP contribution in [-0.2, 0) is 0 Å². The van der Waals surface area contributed by atoms with E-state index in [1.54, 1.807) is 23.3 Å². The first-order chi connectivity index (χ1) is 9.63. The van der Waals surface area contributed by atoms with E-state index in [0.29, 0.717) is 11.1 Å². The number of benzene rings is 1. The van der Waals surface area contributed by atoms with Crippen LogP contribution in [0.5, 0.6) is 0 Å². The predicted octanol–water partition coefficient (Wildman–Crippen LogP) is 2.86. The molecule has 0 amide bonds. The molecule has 0 fully saturated rings. The third kappa shape index (κ3) is 2.35. The maximum absolute atomic E-state index is 6.03. The average molecular weight is 286 g/mol. The molecule has 0 atom stereocenters. The molecule has 0 radical (unpaired) electrons. The van der Waals surface area contributed by atoms with Crippen molar-refractivity contribution in [3.63, 3.8) is 0 Å². The second-order valence-electron chi connectivity index (χ2n) is 4.41. The van der Waals surface area contributed by atoms with Gasteiger partial charge in [0.05, 0.1) is 18.1 Å². The Bertz CT molecular complexity index is 806. The van der Waals surface area contributed by atoms with Gasteiger partial charge in [-0.3, -0.25) is 0 Å². The molecule has 1 aromatic carbocycles. The van der Waals surface area contributed by atoms with E-state index in [1.165, 1.54) is 0 Å². The summed E-state index contributed by atoms with van der Waals surface area (Å²) in [4.78, 5) is 8.13. The Morgan fingerprint density at radius 1 is 1.35 bits per heavy atom. The number of halogens is 1. The molecule has 3 aromatic rings. The summed E-state index contributed by atoms with van der Waals surface area (Å²) in [5.74, 6) is 0.367. The topological polar surface area (TPSA) is 69.1 Å². The zero-order valence-electron chi connectivity index (χ0n) is 10.8. The van der Waals surface area contributed by atoms with Gasteiger partial charge in [0.25, 0.3) is 0 Å². The van der Waals surface area contributed by atoms with Gasteiger partial charge in [-0.05, 0) is 30.0 Å². The first-order valence-corrected chi connectivity index (χ1v) is 6.41. The van der Waals surface area contributed by atoms with Crippen LogP contribution in [0.2, 0.25) is 5.15 Å². The van der Waals surface area contributed by atoms with Crippen LogP contribution in [0.25, 0.3) is 10.8 Å². The summed E-state index contributed by atoms with van der Waals surface area (Å²) in [5, 5.41) is 6.72. The van der Waals surface area contributed by atoms with Crippen molar-refractivity contribution in [3.05, 3.63) is 53.1 Å². The Balaban J connectivity index is 1.97. The Morgan fingerprint density at radius 3 is 2.95 bits per heavy atom. The molecule has 20 heavy (non-hydrogen) atoms. The smallest absolute Gasteiger partial charge is 0.221 e. The van der Waals surface area contributed by atoms with Gasteiger partial charge in [-0.15, -0.1) is 0 Å². The highest BCUT2D eigenvalue weighted by molar-refractivity contribution is 6.34. The van der Waals surface area contributed by atoms with Gasteiger partial charge in [-0.2, -0.15) is 5.10 Å². The van der Waals surface area contributed by atoms with E-state index >= 15 is 0 Å². The number of anilines is 1. The van der Waals surface area contributed by atoms with Gasteiger partial charge in [0.15, 0.2) is 0 Å². The Hall–Kier alpha value is -2.40. The summed E-state index contributed by atoms with van der Waals surface area (Å²) in [6, 6.07) is 7.76. The Labute approximate surface area is 120 Å². The van der Waals surface area contributed by atoms with E-state index in [0.717, 1.165) is 22.0 Å². The number of pyridine rings is 1. The van der Waals surface area contributed by atoms with E-state index in [-0.39, 0.29) is 0 Å². The summed E-state index contributed by atoms with van der Waals surface area (Å²) >= 11 is 6.03. The molecule has 5 nitrogen and oxygen atoms in total. The van der Waals surface area contributed by atoms with Gasteiger partial charge in [0.1, 0.15) is 5.15 Å². The third-order valence-corrected chi connectivity index (χ3v) is 3.21. The predicted molar refractivity (Wildman–Crippen MR) is 81.1 cm³/mol. The van der Waals surface area contributed by atoms with Crippen LogP contribution in [0.3, 0.4) is 0 Å². The van der Waals surface area contributed by atoms with Crippen molar-refractivity contribution in [2.75, 3.05) is 5.73 Å². The first-order valence-electron chi connectivity index (χ1n) is 6.03. The van der Waals surface area contributed by atoms with Crippen molar-refractivity contribution in [1.29, 1.82) is 0 Å². The van der Waals surface area contributed by atoms with E-state index in [4.69, 9.17) is 17.3 Å². The molecular formula is C14H12ClN5. The van der Waals surface area contributed by atoms with Crippen molar-refractivity contribution < 1.29 is 0 Å². The lowest BCUT2D eigenvalue weighted by molar-refractivity contribution is 0.897. The molecule has 0 spiro atoms. The van der Waals surface area contributed by atoms with Gasteiger partial charge >= 0.3 is 0 Å². The molecule has 0 aliphatic rings. The van der Waals surface area contributed by atoms with Crippen molar-refractivity contribution in [1.82, 2.24) is 14.6 Å². The lowest BCUT2D eigenvalue weighted by Gasteiger charge is -2.01. The number of aryl methyl sites for hydroxylation is 1. The highest BCUT2D eigenvalue weighted by atomic mass is 35.5. The largest absolute Gasteiger partial charge is 0.368 e. The van der Waals surface area contributed by atoms with E-state index in [1.807, 2.05) is 31.2 Å². The number of nitrogen functional groups attached to an aromatic ring is 1. The quantitative estimate of drug-likeness (QED) is 0.581. The lowest BCUT2D eigenvalue weighted by Crippen LogP contribution is -1.97. The maximum Gasteiger partial charge on any atom is 0.221 e. The standard InChI is InChI=1S/C14H12ClN5/c1-9-8-20(14(16)19-9)18-7-10-2-3-12-11(6-10)4-5-17-13(12)15/h2-8H,1H3,(H2,16,19). The Kier molecular flexibility index (Phi) is 3.12. The van der Waals surface area contributed by atoms with Crippen molar-refractivity contribution >= 4 is 34.5 Å². The van der Waals surface area contributed by atoms with Crippen LogP contribution in [0.15, 0.2) is 41.8 Å². The molecule has 3 rings (SSSR count). The molecule has 0 aliphatic heterocycles. The van der Waals surface area contributed by atoms with Crippen molar-refractivity contribution in [2.24, 2.45) is 5.10 Å². The SMILES string of the molecule is Cc1cn(N=Cc2ccc3c(Cl)nccc3c2)c(N)n1. The minimum Gasteiger partial charge on any atom is -0.368 e. The number of fused-ring (bicyclic) bond motifs is 1. The summed E-state index contributed by atoms with van der Waals surface area (Å²) in [7, 11) is 0. The normalized spacial score (nSPS) is 11.5. The van der Waals surface area contributed by atoms with Gasteiger partial charge in [-0.25, -0.2) is 14.6 Å². The minimum absolute atomic E-state index is 0.367. The highest BCUT2D eigenvalue weighted by Crippen LogP contribution is 2.21.